The topological polar surface area (TPSA) is 12.5 Å². The summed E-state index contributed by atoms with van der Waals surface area (Å²) in [6, 6.07) is 9.11. The highest BCUT2D eigenvalue weighted by Crippen LogP contribution is 2.37. The second-order valence-corrected chi connectivity index (χ2v) is 14.6. The first kappa shape index (κ1) is 60.6. The van der Waals surface area contributed by atoms with Crippen molar-refractivity contribution in [3.05, 3.63) is 53.3 Å². The SMILES string of the molecule is CC.CC(C)(F)F.CC/C=C(C)/C=C(/C)N(C)c1ccc(C2CCC2)cc1.CCCC.CCCC(C)CC.CCCCCC.CCCCCOCCC. The van der Waals surface area contributed by atoms with Crippen LogP contribution in [0.5, 0.6) is 0 Å². The average Bonchev–Trinajstić information content (AvgIpc) is 3.11. The monoisotopic (exact) mass is 754 g/mol. The van der Waals surface area contributed by atoms with Gasteiger partial charge in [-0.2, -0.15) is 0 Å². The third kappa shape index (κ3) is 50.3. The lowest BCUT2D eigenvalue weighted by atomic mass is 9.80. The first-order valence-corrected chi connectivity index (χ1v) is 22.3. The predicted octanol–water partition coefficient (Wildman–Crippen LogP) is 18.2. The van der Waals surface area contributed by atoms with Gasteiger partial charge in [-0.3, -0.25) is 0 Å². The van der Waals surface area contributed by atoms with Gasteiger partial charge in [-0.25, -0.2) is 8.78 Å². The zero-order chi connectivity index (χ0) is 41.9. The van der Waals surface area contributed by atoms with Crippen LogP contribution in [-0.2, 0) is 4.74 Å². The van der Waals surface area contributed by atoms with Gasteiger partial charge in [0.1, 0.15) is 0 Å². The molecule has 0 bridgehead atoms. The van der Waals surface area contributed by atoms with Crippen LogP contribution in [0, 0.1) is 5.92 Å². The summed E-state index contributed by atoms with van der Waals surface area (Å²) >= 11 is 0. The second-order valence-electron chi connectivity index (χ2n) is 14.6. The fourth-order valence-corrected chi connectivity index (χ4v) is 4.62. The normalized spacial score (nSPS) is 12.8. The van der Waals surface area contributed by atoms with Gasteiger partial charge in [-0.05, 0) is 95.4 Å². The number of nitrogens with zero attached hydrogens (tertiary/aromatic N) is 1. The fourth-order valence-electron chi connectivity index (χ4n) is 4.62. The van der Waals surface area contributed by atoms with E-state index in [2.05, 4.69) is 131 Å². The maximum Gasteiger partial charge on any atom is 0.242 e. The standard InChI is InChI=1S/C19H27N.C8H18O.C7H16.C6H14.C4H10.C3H6F2.C2H6/c1-5-7-15(2)14-16(3)20(4)19-12-10-18(11-13-19)17-8-6-9-17;1-3-5-6-8-9-7-4-2;1-4-6-7(3)5-2;1-3-5-6-4-2;1-3-4-2;1-3(2,4)5;1-2/h7,10-14,17H,5-6,8-9H2,1-4H3;3-8H2,1-2H3;7H,4-6H2,1-3H3;3-6H2,1-2H3;3-4H2,1-2H3;1-2H3;1-2H3/b15-7+,16-14-;;;;;;. The maximum atomic E-state index is 11.0. The third-order valence-electron chi connectivity index (χ3n) is 8.52. The minimum absolute atomic E-state index is 0.820. The highest BCUT2D eigenvalue weighted by atomic mass is 19.3. The van der Waals surface area contributed by atoms with Gasteiger partial charge in [0, 0.05) is 31.6 Å². The minimum atomic E-state index is -2.50. The number of hydrogen-bond donors (Lipinski definition) is 0. The molecule has 0 aliphatic heterocycles. The number of unbranched alkanes of at least 4 members (excludes halogenated alkanes) is 6. The summed E-state index contributed by atoms with van der Waals surface area (Å²) in [5, 5.41) is 0. The van der Waals surface area contributed by atoms with Gasteiger partial charge in [0.05, 0.1) is 0 Å². The fraction of sp³-hybridized carbons (Fsp3) is 0.796. The van der Waals surface area contributed by atoms with Crippen molar-refractivity contribution in [3.63, 3.8) is 0 Å². The molecule has 1 aromatic carbocycles. The number of alkyl halides is 2. The Morgan fingerprint density at radius 1 is 0.755 bits per heavy atom. The molecule has 0 spiro atoms. The van der Waals surface area contributed by atoms with Crippen LogP contribution in [0.25, 0.3) is 0 Å². The molecule has 1 aliphatic rings. The van der Waals surface area contributed by atoms with Crippen molar-refractivity contribution in [1.82, 2.24) is 0 Å². The molecule has 1 aromatic rings. The van der Waals surface area contributed by atoms with Crippen molar-refractivity contribution in [2.75, 3.05) is 25.2 Å². The molecule has 2 nitrogen and oxygen atoms in total. The molecular formula is C49H97F2NO. The van der Waals surface area contributed by atoms with Gasteiger partial charge < -0.3 is 9.64 Å². The number of halogens is 2. The Kier molecular flexibility index (Phi) is 53.1. The van der Waals surface area contributed by atoms with Crippen molar-refractivity contribution in [1.29, 1.82) is 0 Å². The lowest BCUT2D eigenvalue weighted by Gasteiger charge is -2.27. The number of ether oxygens (including phenoxy) is 1. The van der Waals surface area contributed by atoms with Gasteiger partial charge in [0.25, 0.3) is 0 Å². The summed E-state index contributed by atoms with van der Waals surface area (Å²) in [5.74, 6) is -0.731. The summed E-state index contributed by atoms with van der Waals surface area (Å²) in [4.78, 5) is 2.26. The van der Waals surface area contributed by atoms with Crippen LogP contribution in [0.2, 0.25) is 0 Å². The van der Waals surface area contributed by atoms with E-state index in [9.17, 15) is 8.78 Å². The van der Waals surface area contributed by atoms with E-state index < -0.39 is 5.92 Å². The van der Waals surface area contributed by atoms with Crippen molar-refractivity contribution < 1.29 is 13.5 Å². The first-order chi connectivity index (χ1) is 25.2. The quantitative estimate of drug-likeness (QED) is 0.109. The van der Waals surface area contributed by atoms with E-state index in [1.165, 1.54) is 119 Å². The Bertz CT molecular complexity index is 849. The summed E-state index contributed by atoms with van der Waals surface area (Å²) in [6.07, 6.45) is 27.0. The first-order valence-electron chi connectivity index (χ1n) is 22.3. The number of rotatable bonds is 18. The van der Waals surface area contributed by atoms with Crippen LogP contribution in [-0.4, -0.2) is 26.2 Å². The Hall–Kier alpha value is -1.68. The van der Waals surface area contributed by atoms with Crippen LogP contribution in [0.1, 0.15) is 231 Å². The highest BCUT2D eigenvalue weighted by molar-refractivity contribution is 5.53. The molecule has 4 heteroatoms. The lowest BCUT2D eigenvalue weighted by molar-refractivity contribution is 0.0437. The molecule has 2 rings (SSSR count). The zero-order valence-corrected chi connectivity index (χ0v) is 39.2. The van der Waals surface area contributed by atoms with Crippen LogP contribution in [0.4, 0.5) is 14.5 Å². The van der Waals surface area contributed by atoms with Crippen LogP contribution in [0.15, 0.2) is 47.7 Å². The average molecular weight is 754 g/mol. The Labute approximate surface area is 334 Å². The van der Waals surface area contributed by atoms with Crippen molar-refractivity contribution in [2.24, 2.45) is 5.92 Å². The van der Waals surface area contributed by atoms with E-state index in [4.69, 9.17) is 4.74 Å². The number of benzene rings is 1. The molecule has 1 aliphatic carbocycles. The number of anilines is 1. The summed E-state index contributed by atoms with van der Waals surface area (Å²) < 4.78 is 27.3. The van der Waals surface area contributed by atoms with E-state index in [1.54, 1.807) is 0 Å². The van der Waals surface area contributed by atoms with Gasteiger partial charge in [-0.15, -0.1) is 0 Å². The van der Waals surface area contributed by atoms with E-state index in [1.807, 2.05) is 13.8 Å². The van der Waals surface area contributed by atoms with E-state index in [0.29, 0.717) is 0 Å². The minimum Gasteiger partial charge on any atom is -0.381 e. The summed E-state index contributed by atoms with van der Waals surface area (Å²) in [6.45, 7) is 34.1. The molecule has 1 unspecified atom stereocenters. The molecule has 1 fully saturated rings. The van der Waals surface area contributed by atoms with Gasteiger partial charge >= 0.3 is 0 Å². The van der Waals surface area contributed by atoms with Crippen LogP contribution in [0.3, 0.4) is 0 Å². The third-order valence-corrected chi connectivity index (χ3v) is 8.52. The molecule has 1 saturated carbocycles. The van der Waals surface area contributed by atoms with Gasteiger partial charge in [-0.1, -0.05) is 184 Å². The molecule has 0 saturated heterocycles. The van der Waals surface area contributed by atoms with E-state index in [0.717, 1.165) is 51.7 Å². The number of allylic oxidation sites excluding steroid dienone is 4. The van der Waals surface area contributed by atoms with E-state index in [-0.39, 0.29) is 0 Å². The molecule has 0 radical (unpaired) electrons. The molecule has 53 heavy (non-hydrogen) atoms. The molecule has 0 N–H and O–H groups in total. The Morgan fingerprint density at radius 2 is 1.23 bits per heavy atom. The van der Waals surface area contributed by atoms with E-state index >= 15 is 0 Å². The highest BCUT2D eigenvalue weighted by Gasteiger charge is 2.19. The molecule has 1 atom stereocenters. The lowest BCUT2D eigenvalue weighted by Crippen LogP contribution is -2.15. The summed E-state index contributed by atoms with van der Waals surface area (Å²) in [7, 11) is 2.14. The van der Waals surface area contributed by atoms with Crippen molar-refractivity contribution >= 4 is 5.69 Å². The molecule has 318 valence electrons. The summed E-state index contributed by atoms with van der Waals surface area (Å²) in [5.41, 5.74) is 5.40. The Balaban J connectivity index is -0.000000195. The van der Waals surface area contributed by atoms with Crippen LogP contribution >= 0.6 is 0 Å². The molecular weight excluding hydrogens is 657 g/mol. The molecule has 0 amide bonds. The van der Waals surface area contributed by atoms with Gasteiger partial charge in [0.2, 0.25) is 5.92 Å². The van der Waals surface area contributed by atoms with Gasteiger partial charge in [0.15, 0.2) is 0 Å². The maximum absolute atomic E-state index is 11.0. The van der Waals surface area contributed by atoms with Crippen molar-refractivity contribution in [3.8, 4) is 0 Å². The molecule has 0 aromatic heterocycles. The Morgan fingerprint density at radius 3 is 1.55 bits per heavy atom. The molecule has 0 heterocycles. The second kappa shape index (κ2) is 46.5. The van der Waals surface area contributed by atoms with Crippen molar-refractivity contribution in [2.45, 2.75) is 232 Å². The zero-order valence-electron chi connectivity index (χ0n) is 39.2. The largest absolute Gasteiger partial charge is 0.381 e. The number of hydrogen-bond acceptors (Lipinski definition) is 2. The predicted molar refractivity (Wildman–Crippen MR) is 242 cm³/mol. The van der Waals surface area contributed by atoms with Crippen LogP contribution < -0.4 is 4.90 Å². The smallest absolute Gasteiger partial charge is 0.242 e.